The molecular weight excluding hydrogens is 146 g/mol. The summed E-state index contributed by atoms with van der Waals surface area (Å²) in [5.41, 5.74) is 0. The fourth-order valence-electron chi connectivity index (χ4n) is 0.762. The first-order valence-corrected chi connectivity index (χ1v) is 2.99. The van der Waals surface area contributed by atoms with Crippen molar-refractivity contribution in [3.63, 3.8) is 0 Å². The van der Waals surface area contributed by atoms with Crippen LogP contribution in [0.4, 0.5) is 0 Å². The second kappa shape index (κ2) is 2.57. The molecule has 0 aliphatic carbocycles. The number of hydrogen-bond donors (Lipinski definition) is 2. The van der Waals surface area contributed by atoms with E-state index in [0.717, 1.165) is 4.57 Å². The van der Waals surface area contributed by atoms with Crippen molar-refractivity contribution in [1.29, 1.82) is 0 Å². The molecule has 1 heterocycles. The minimum Gasteiger partial charge on any atom is -0.494 e. The van der Waals surface area contributed by atoms with Crippen LogP contribution in [0.15, 0.2) is 18.7 Å². The SMILES string of the molecule is C=C(OC)n1c(O)ccc1O. The van der Waals surface area contributed by atoms with Gasteiger partial charge in [0.05, 0.1) is 7.11 Å². The van der Waals surface area contributed by atoms with Gasteiger partial charge in [0.1, 0.15) is 0 Å². The highest BCUT2D eigenvalue weighted by molar-refractivity contribution is 5.44. The van der Waals surface area contributed by atoms with Gasteiger partial charge in [0.2, 0.25) is 11.8 Å². The molecule has 4 heteroatoms. The highest BCUT2D eigenvalue weighted by Gasteiger charge is 2.07. The minimum atomic E-state index is -0.102. The topological polar surface area (TPSA) is 54.6 Å². The first-order chi connectivity index (χ1) is 5.16. The molecule has 0 atom stereocenters. The zero-order chi connectivity index (χ0) is 8.43. The van der Waals surface area contributed by atoms with Gasteiger partial charge in [-0.3, -0.25) is 0 Å². The van der Waals surface area contributed by atoms with Gasteiger partial charge < -0.3 is 14.9 Å². The molecule has 0 saturated heterocycles. The Morgan fingerprint density at radius 3 is 2.27 bits per heavy atom. The number of methoxy groups -OCH3 is 1. The molecule has 0 saturated carbocycles. The number of rotatable bonds is 2. The second-order valence-corrected chi connectivity index (χ2v) is 1.98. The monoisotopic (exact) mass is 155 g/mol. The average molecular weight is 155 g/mol. The molecular formula is C7H9NO3. The number of aromatic hydroxyl groups is 2. The molecule has 4 nitrogen and oxygen atoms in total. The molecule has 0 fully saturated rings. The summed E-state index contributed by atoms with van der Waals surface area (Å²) >= 11 is 0. The predicted molar refractivity (Wildman–Crippen MR) is 40.1 cm³/mol. The molecule has 0 aliphatic heterocycles. The van der Waals surface area contributed by atoms with Crippen molar-refractivity contribution in [1.82, 2.24) is 4.57 Å². The van der Waals surface area contributed by atoms with Crippen LogP contribution in [0, 0.1) is 0 Å². The molecule has 2 N–H and O–H groups in total. The van der Waals surface area contributed by atoms with Crippen molar-refractivity contribution in [3.05, 3.63) is 18.7 Å². The van der Waals surface area contributed by atoms with Crippen LogP contribution in [-0.2, 0) is 4.74 Å². The van der Waals surface area contributed by atoms with Gasteiger partial charge in [0.25, 0.3) is 0 Å². The van der Waals surface area contributed by atoms with E-state index < -0.39 is 0 Å². The Labute approximate surface area is 64.0 Å². The van der Waals surface area contributed by atoms with E-state index >= 15 is 0 Å². The summed E-state index contributed by atoms with van der Waals surface area (Å²) in [7, 11) is 1.40. The lowest BCUT2D eigenvalue weighted by Crippen LogP contribution is -1.95. The molecule has 0 bridgehead atoms. The number of ether oxygens (including phenoxy) is 1. The summed E-state index contributed by atoms with van der Waals surface area (Å²) in [6, 6.07) is 2.69. The highest BCUT2D eigenvalue weighted by atomic mass is 16.5. The van der Waals surface area contributed by atoms with Gasteiger partial charge in [-0.15, -0.1) is 0 Å². The Morgan fingerprint density at radius 2 is 1.91 bits per heavy atom. The van der Waals surface area contributed by atoms with Crippen molar-refractivity contribution < 1.29 is 14.9 Å². The molecule has 1 aromatic rings. The lowest BCUT2D eigenvalue weighted by Gasteiger charge is -2.06. The van der Waals surface area contributed by atoms with E-state index in [1.807, 2.05) is 0 Å². The largest absolute Gasteiger partial charge is 0.494 e. The van der Waals surface area contributed by atoms with Gasteiger partial charge in [-0.25, -0.2) is 4.57 Å². The quantitative estimate of drug-likeness (QED) is 0.626. The van der Waals surface area contributed by atoms with Crippen molar-refractivity contribution in [2.45, 2.75) is 0 Å². The Bertz CT molecular complexity index is 258. The van der Waals surface area contributed by atoms with Crippen molar-refractivity contribution in [3.8, 4) is 11.8 Å². The summed E-state index contributed by atoms with van der Waals surface area (Å²) in [5, 5.41) is 18.2. The first-order valence-electron chi connectivity index (χ1n) is 2.99. The fraction of sp³-hybridized carbons (Fsp3) is 0.143. The summed E-state index contributed by atoms with van der Waals surface area (Å²) in [6.45, 7) is 3.46. The molecule has 0 unspecified atom stereocenters. The van der Waals surface area contributed by atoms with Gasteiger partial charge in [-0.1, -0.05) is 0 Å². The molecule has 11 heavy (non-hydrogen) atoms. The average Bonchev–Trinajstić information content (AvgIpc) is 2.30. The van der Waals surface area contributed by atoms with Crippen LogP contribution in [-0.4, -0.2) is 21.9 Å². The maximum absolute atomic E-state index is 9.10. The van der Waals surface area contributed by atoms with E-state index in [1.54, 1.807) is 0 Å². The summed E-state index contributed by atoms with van der Waals surface area (Å²) in [6.07, 6.45) is 0. The minimum absolute atomic E-state index is 0.102. The normalized spacial score (nSPS) is 9.55. The fourth-order valence-corrected chi connectivity index (χ4v) is 0.762. The lowest BCUT2D eigenvalue weighted by atomic mass is 10.6. The zero-order valence-corrected chi connectivity index (χ0v) is 6.11. The highest BCUT2D eigenvalue weighted by Crippen LogP contribution is 2.24. The third kappa shape index (κ3) is 1.14. The van der Waals surface area contributed by atoms with Crippen LogP contribution in [0.5, 0.6) is 11.8 Å². The Kier molecular flexibility index (Phi) is 1.76. The van der Waals surface area contributed by atoms with Crippen molar-refractivity contribution in [2.75, 3.05) is 7.11 Å². The van der Waals surface area contributed by atoms with Gasteiger partial charge in [-0.05, 0) is 6.58 Å². The molecule has 1 rings (SSSR count). The van der Waals surface area contributed by atoms with E-state index in [0.29, 0.717) is 0 Å². The Morgan fingerprint density at radius 1 is 1.45 bits per heavy atom. The Hall–Kier alpha value is -1.58. The lowest BCUT2D eigenvalue weighted by molar-refractivity contribution is 0.315. The van der Waals surface area contributed by atoms with Crippen molar-refractivity contribution in [2.24, 2.45) is 0 Å². The summed E-state index contributed by atoms with van der Waals surface area (Å²) < 4.78 is 5.79. The summed E-state index contributed by atoms with van der Waals surface area (Å²) in [4.78, 5) is 0. The molecule has 0 aliphatic rings. The smallest absolute Gasteiger partial charge is 0.201 e. The first kappa shape index (κ1) is 7.53. The third-order valence-corrected chi connectivity index (χ3v) is 1.32. The third-order valence-electron chi connectivity index (χ3n) is 1.32. The van der Waals surface area contributed by atoms with Crippen LogP contribution in [0.2, 0.25) is 0 Å². The number of nitrogens with zero attached hydrogens (tertiary/aromatic N) is 1. The predicted octanol–water partition coefficient (Wildman–Crippen LogP) is 0.974. The zero-order valence-electron chi connectivity index (χ0n) is 6.11. The summed E-state index contributed by atoms with van der Waals surface area (Å²) in [5.74, 6) is -0.0336. The van der Waals surface area contributed by atoms with Crippen LogP contribution < -0.4 is 0 Å². The van der Waals surface area contributed by atoms with Crippen LogP contribution in [0.1, 0.15) is 0 Å². The number of aromatic nitrogens is 1. The van der Waals surface area contributed by atoms with Gasteiger partial charge in [0.15, 0.2) is 5.88 Å². The molecule has 0 aromatic carbocycles. The number of hydrogen-bond acceptors (Lipinski definition) is 3. The molecule has 0 spiro atoms. The van der Waals surface area contributed by atoms with Crippen LogP contribution in [0.3, 0.4) is 0 Å². The van der Waals surface area contributed by atoms with E-state index in [9.17, 15) is 0 Å². The van der Waals surface area contributed by atoms with E-state index in [4.69, 9.17) is 14.9 Å². The van der Waals surface area contributed by atoms with Gasteiger partial charge in [-0.2, -0.15) is 0 Å². The molecule has 0 amide bonds. The van der Waals surface area contributed by atoms with E-state index in [-0.39, 0.29) is 17.6 Å². The van der Waals surface area contributed by atoms with Gasteiger partial charge in [0, 0.05) is 12.1 Å². The molecule has 60 valence electrons. The molecule has 1 aromatic heterocycles. The van der Waals surface area contributed by atoms with E-state index in [1.165, 1.54) is 19.2 Å². The second-order valence-electron chi connectivity index (χ2n) is 1.98. The van der Waals surface area contributed by atoms with Crippen LogP contribution >= 0.6 is 0 Å². The van der Waals surface area contributed by atoms with Crippen molar-refractivity contribution >= 4 is 5.88 Å². The maximum atomic E-state index is 9.10. The van der Waals surface area contributed by atoms with Gasteiger partial charge >= 0.3 is 0 Å². The van der Waals surface area contributed by atoms with E-state index in [2.05, 4.69) is 6.58 Å². The Balaban J connectivity index is 3.10. The standard InChI is InChI=1S/C7H9NO3/c1-5(11-2)8-6(9)3-4-7(8)10/h3-4,9-10H,1H2,2H3. The molecule has 0 radical (unpaired) electrons. The van der Waals surface area contributed by atoms with Crippen LogP contribution in [0.25, 0.3) is 5.88 Å². The maximum Gasteiger partial charge on any atom is 0.201 e.